The van der Waals surface area contributed by atoms with Gasteiger partial charge in [0.15, 0.2) is 0 Å². The smallest absolute Gasteiger partial charge is 0.233 e. The van der Waals surface area contributed by atoms with Crippen molar-refractivity contribution in [2.45, 2.75) is 24.6 Å². The van der Waals surface area contributed by atoms with Crippen LogP contribution in [0.1, 0.15) is 24.9 Å². The summed E-state index contributed by atoms with van der Waals surface area (Å²) in [7, 11) is 0. The Balaban J connectivity index is 2.72. The molecule has 0 aliphatic carbocycles. The molecule has 0 saturated heterocycles. The van der Waals surface area contributed by atoms with Crippen LogP contribution in [0, 0.1) is 0 Å². The maximum absolute atomic E-state index is 11.5. The van der Waals surface area contributed by atoms with Gasteiger partial charge in [0.2, 0.25) is 5.91 Å². The zero-order chi connectivity index (χ0) is 12.0. The Morgan fingerprint density at radius 1 is 1.44 bits per heavy atom. The molecule has 0 radical (unpaired) electrons. The van der Waals surface area contributed by atoms with Crippen molar-refractivity contribution < 1.29 is 9.90 Å². The molecule has 1 amide bonds. The number of aliphatic hydroxyl groups is 1. The molecule has 0 aromatic heterocycles. The third kappa shape index (κ3) is 3.87. The number of aliphatic hydroxyl groups excluding tert-OH is 1. The molecule has 4 heteroatoms. The SMILES string of the molecule is CC(S)C(=O)NC(CCO)c1ccccc1. The lowest BCUT2D eigenvalue weighted by atomic mass is 10.0. The predicted molar refractivity (Wildman–Crippen MR) is 67.5 cm³/mol. The minimum atomic E-state index is -0.343. The molecule has 0 saturated carbocycles. The lowest BCUT2D eigenvalue weighted by Crippen LogP contribution is -2.33. The molecule has 2 unspecified atom stereocenters. The van der Waals surface area contributed by atoms with E-state index in [9.17, 15) is 4.79 Å². The van der Waals surface area contributed by atoms with Crippen LogP contribution < -0.4 is 5.32 Å². The molecule has 2 atom stereocenters. The van der Waals surface area contributed by atoms with E-state index in [4.69, 9.17) is 5.11 Å². The van der Waals surface area contributed by atoms with E-state index in [0.717, 1.165) is 5.56 Å². The highest BCUT2D eigenvalue weighted by Crippen LogP contribution is 2.16. The molecule has 1 rings (SSSR count). The molecular formula is C12H17NO2S. The van der Waals surface area contributed by atoms with Gasteiger partial charge in [0.05, 0.1) is 11.3 Å². The number of carbonyl (C=O) groups excluding carboxylic acids is 1. The summed E-state index contributed by atoms with van der Waals surface area (Å²) in [4.78, 5) is 11.5. The lowest BCUT2D eigenvalue weighted by molar-refractivity contribution is -0.121. The van der Waals surface area contributed by atoms with Gasteiger partial charge < -0.3 is 10.4 Å². The van der Waals surface area contributed by atoms with Crippen LogP contribution >= 0.6 is 12.6 Å². The monoisotopic (exact) mass is 239 g/mol. The Morgan fingerprint density at radius 3 is 2.56 bits per heavy atom. The van der Waals surface area contributed by atoms with Crippen molar-refractivity contribution in [2.75, 3.05) is 6.61 Å². The predicted octanol–water partition coefficient (Wildman–Crippen LogP) is 1.54. The number of nitrogens with one attached hydrogen (secondary N) is 1. The first-order valence-electron chi connectivity index (χ1n) is 5.29. The average molecular weight is 239 g/mol. The van der Waals surface area contributed by atoms with Gasteiger partial charge in [-0.1, -0.05) is 30.3 Å². The zero-order valence-electron chi connectivity index (χ0n) is 9.26. The first kappa shape index (κ1) is 13.1. The Labute approximate surface area is 101 Å². The van der Waals surface area contributed by atoms with Gasteiger partial charge in [-0.25, -0.2) is 0 Å². The van der Waals surface area contributed by atoms with Crippen molar-refractivity contribution in [2.24, 2.45) is 0 Å². The topological polar surface area (TPSA) is 49.3 Å². The van der Waals surface area contributed by atoms with Gasteiger partial charge in [-0.05, 0) is 18.9 Å². The van der Waals surface area contributed by atoms with Crippen LogP contribution in [-0.2, 0) is 4.79 Å². The van der Waals surface area contributed by atoms with Gasteiger partial charge in [0, 0.05) is 6.61 Å². The third-order valence-electron chi connectivity index (χ3n) is 2.32. The van der Waals surface area contributed by atoms with Crippen molar-refractivity contribution in [1.29, 1.82) is 0 Å². The molecule has 0 heterocycles. The van der Waals surface area contributed by atoms with Crippen LogP contribution in [-0.4, -0.2) is 22.9 Å². The van der Waals surface area contributed by atoms with Crippen molar-refractivity contribution >= 4 is 18.5 Å². The van der Waals surface area contributed by atoms with Crippen LogP contribution in [0.25, 0.3) is 0 Å². The minimum Gasteiger partial charge on any atom is -0.396 e. The van der Waals surface area contributed by atoms with Gasteiger partial charge in [0.25, 0.3) is 0 Å². The molecule has 16 heavy (non-hydrogen) atoms. The van der Waals surface area contributed by atoms with Crippen molar-refractivity contribution in [3.63, 3.8) is 0 Å². The van der Waals surface area contributed by atoms with E-state index < -0.39 is 0 Å². The van der Waals surface area contributed by atoms with Crippen LogP contribution in [0.4, 0.5) is 0 Å². The lowest BCUT2D eigenvalue weighted by Gasteiger charge is -2.19. The number of hydrogen-bond donors (Lipinski definition) is 3. The second-order valence-corrected chi connectivity index (χ2v) is 4.43. The molecular weight excluding hydrogens is 222 g/mol. The third-order valence-corrected chi connectivity index (χ3v) is 2.55. The first-order valence-corrected chi connectivity index (χ1v) is 5.81. The Morgan fingerprint density at radius 2 is 2.06 bits per heavy atom. The van der Waals surface area contributed by atoms with E-state index in [1.807, 2.05) is 30.3 Å². The zero-order valence-corrected chi connectivity index (χ0v) is 10.2. The number of thiol groups is 1. The normalized spacial score (nSPS) is 14.2. The molecule has 1 aromatic carbocycles. The maximum atomic E-state index is 11.5. The fourth-order valence-electron chi connectivity index (χ4n) is 1.43. The summed E-state index contributed by atoms with van der Waals surface area (Å²) < 4.78 is 0. The first-order chi connectivity index (χ1) is 7.65. The van der Waals surface area contributed by atoms with Crippen LogP contribution in [0.5, 0.6) is 0 Å². The Kier molecular flexibility index (Phi) is 5.35. The van der Waals surface area contributed by atoms with E-state index in [0.29, 0.717) is 6.42 Å². The van der Waals surface area contributed by atoms with Crippen LogP contribution in [0.2, 0.25) is 0 Å². The molecule has 0 fully saturated rings. The summed E-state index contributed by atoms with van der Waals surface area (Å²) in [5, 5.41) is 11.5. The van der Waals surface area contributed by atoms with Gasteiger partial charge in [0.1, 0.15) is 0 Å². The van der Waals surface area contributed by atoms with E-state index in [2.05, 4.69) is 17.9 Å². The van der Waals surface area contributed by atoms with Gasteiger partial charge in [-0.15, -0.1) is 0 Å². The molecule has 0 spiro atoms. The van der Waals surface area contributed by atoms with Crippen LogP contribution in [0.3, 0.4) is 0 Å². The van der Waals surface area contributed by atoms with E-state index in [1.165, 1.54) is 0 Å². The quantitative estimate of drug-likeness (QED) is 0.683. The number of benzene rings is 1. The molecule has 1 aromatic rings. The number of hydrogen-bond acceptors (Lipinski definition) is 3. The molecule has 0 aliphatic heterocycles. The summed E-state index contributed by atoms with van der Waals surface area (Å²) in [6.07, 6.45) is 0.510. The largest absolute Gasteiger partial charge is 0.396 e. The molecule has 0 bridgehead atoms. The Hall–Kier alpha value is -1.00. The fraction of sp³-hybridized carbons (Fsp3) is 0.417. The summed E-state index contributed by atoms with van der Waals surface area (Å²) in [5.41, 5.74) is 0.999. The summed E-state index contributed by atoms with van der Waals surface area (Å²) in [5.74, 6) is -0.120. The Bertz CT molecular complexity index is 327. The molecule has 3 nitrogen and oxygen atoms in total. The fourth-order valence-corrected chi connectivity index (χ4v) is 1.50. The van der Waals surface area contributed by atoms with E-state index in [-0.39, 0.29) is 23.8 Å². The highest BCUT2D eigenvalue weighted by Gasteiger charge is 2.15. The number of rotatable bonds is 5. The number of amides is 1. The molecule has 88 valence electrons. The summed E-state index contributed by atoms with van der Waals surface area (Å²) in [6.45, 7) is 1.76. The second-order valence-electron chi connectivity index (χ2n) is 3.66. The summed E-state index contributed by atoms with van der Waals surface area (Å²) >= 11 is 4.07. The van der Waals surface area contributed by atoms with Crippen molar-refractivity contribution in [1.82, 2.24) is 5.32 Å². The highest BCUT2D eigenvalue weighted by molar-refractivity contribution is 7.81. The standard InChI is InChI=1S/C12H17NO2S/c1-9(16)12(15)13-11(7-8-14)10-5-3-2-4-6-10/h2-6,9,11,14,16H,7-8H2,1H3,(H,13,15). The minimum absolute atomic E-state index is 0.0425. The molecule has 2 N–H and O–H groups in total. The van der Waals surface area contributed by atoms with Crippen molar-refractivity contribution in [3.05, 3.63) is 35.9 Å². The van der Waals surface area contributed by atoms with E-state index >= 15 is 0 Å². The van der Waals surface area contributed by atoms with E-state index in [1.54, 1.807) is 6.92 Å². The average Bonchev–Trinajstić information content (AvgIpc) is 2.29. The second kappa shape index (κ2) is 6.55. The van der Waals surface area contributed by atoms with Crippen molar-refractivity contribution in [3.8, 4) is 0 Å². The summed E-state index contributed by atoms with van der Waals surface area (Å²) in [6, 6.07) is 9.47. The van der Waals surface area contributed by atoms with Gasteiger partial charge in [-0.3, -0.25) is 4.79 Å². The maximum Gasteiger partial charge on any atom is 0.233 e. The number of carbonyl (C=O) groups is 1. The van der Waals surface area contributed by atoms with Crippen LogP contribution in [0.15, 0.2) is 30.3 Å². The molecule has 0 aliphatic rings. The highest BCUT2D eigenvalue weighted by atomic mass is 32.1. The van der Waals surface area contributed by atoms with Gasteiger partial charge >= 0.3 is 0 Å². The van der Waals surface area contributed by atoms with Gasteiger partial charge in [-0.2, -0.15) is 12.6 Å².